The number of aldehydes is 1. The molecular formula is C4H6O3. The molecule has 0 heterocycles. The summed E-state index contributed by atoms with van der Waals surface area (Å²) >= 11 is 0. The fourth-order valence-corrected chi connectivity index (χ4v) is 0.0582. The minimum atomic E-state index is -1.07. The quantitative estimate of drug-likeness (QED) is 0.391. The molecule has 0 aromatic carbocycles. The van der Waals surface area contributed by atoms with Crippen LogP contribution in [0, 0.1) is 5.92 Å². The average molecular weight is 102 g/mol. The summed E-state index contributed by atoms with van der Waals surface area (Å²) in [5.41, 5.74) is 0. The molecule has 40 valence electrons. The number of carboxylic acids is 1. The van der Waals surface area contributed by atoms with Gasteiger partial charge in [-0.1, -0.05) is 0 Å². The lowest BCUT2D eigenvalue weighted by molar-refractivity contribution is -0.142. The van der Waals surface area contributed by atoms with Gasteiger partial charge < -0.3 is 9.90 Å². The van der Waals surface area contributed by atoms with Crippen LogP contribution in [0.5, 0.6) is 0 Å². The maximum absolute atomic E-state index is 9.70. The molecule has 0 aliphatic carbocycles. The first-order valence-corrected chi connectivity index (χ1v) is 1.86. The monoisotopic (exact) mass is 102 g/mol. The van der Waals surface area contributed by atoms with Crippen LogP contribution in [0.4, 0.5) is 0 Å². The van der Waals surface area contributed by atoms with Crippen LogP contribution in [0.1, 0.15) is 6.92 Å². The maximum Gasteiger partial charge on any atom is 0.313 e. The molecule has 0 aromatic heterocycles. The molecule has 0 radical (unpaired) electrons. The van der Waals surface area contributed by atoms with Gasteiger partial charge >= 0.3 is 5.97 Å². The Kier molecular flexibility index (Phi) is 2.05. The Morgan fingerprint density at radius 2 is 2.29 bits per heavy atom. The van der Waals surface area contributed by atoms with E-state index in [-0.39, 0.29) is 0 Å². The molecule has 0 aliphatic heterocycles. The van der Waals surface area contributed by atoms with Gasteiger partial charge in [0.15, 0.2) is 0 Å². The highest BCUT2D eigenvalue weighted by Crippen LogP contribution is 1.84. The second-order valence-electron chi connectivity index (χ2n) is 1.26. The third-order valence-corrected chi connectivity index (χ3v) is 0.594. The summed E-state index contributed by atoms with van der Waals surface area (Å²) in [6.07, 6.45) is 0.391. The van der Waals surface area contributed by atoms with E-state index in [1.165, 1.54) is 6.92 Å². The molecule has 0 rings (SSSR count). The standard InChI is InChI=1S/C4H6O3/c1-3(2-5)4(6)7/h2-3H,1H3,(H,6,7). The zero-order valence-electron chi connectivity index (χ0n) is 3.92. The predicted molar refractivity (Wildman–Crippen MR) is 22.9 cm³/mol. The topological polar surface area (TPSA) is 54.4 Å². The lowest BCUT2D eigenvalue weighted by Gasteiger charge is -1.88. The zero-order valence-corrected chi connectivity index (χ0v) is 3.92. The number of carbonyl (C=O) groups is 2. The number of rotatable bonds is 2. The average Bonchev–Trinajstić information content (AvgIpc) is 1.65. The van der Waals surface area contributed by atoms with Crippen LogP contribution in [0.15, 0.2) is 0 Å². The maximum atomic E-state index is 9.70. The van der Waals surface area contributed by atoms with Crippen molar-refractivity contribution in [2.24, 2.45) is 5.92 Å². The summed E-state index contributed by atoms with van der Waals surface area (Å²) in [4.78, 5) is 19.3. The number of carboxylic acid groups (broad SMARTS) is 1. The van der Waals surface area contributed by atoms with Gasteiger partial charge in [0.05, 0.1) is 0 Å². The summed E-state index contributed by atoms with van der Waals surface area (Å²) in [7, 11) is 0. The highest BCUT2D eigenvalue weighted by atomic mass is 16.4. The van der Waals surface area contributed by atoms with E-state index in [9.17, 15) is 9.59 Å². The largest absolute Gasteiger partial charge is 0.481 e. The van der Waals surface area contributed by atoms with Crippen molar-refractivity contribution in [3.63, 3.8) is 0 Å². The number of aliphatic carboxylic acids is 1. The van der Waals surface area contributed by atoms with E-state index in [2.05, 4.69) is 0 Å². The van der Waals surface area contributed by atoms with Crippen LogP contribution in [-0.4, -0.2) is 17.4 Å². The lowest BCUT2D eigenvalue weighted by atomic mass is 10.2. The molecule has 0 aliphatic rings. The van der Waals surface area contributed by atoms with Crippen LogP contribution in [0.3, 0.4) is 0 Å². The van der Waals surface area contributed by atoms with Gasteiger partial charge in [-0.15, -0.1) is 0 Å². The Bertz CT molecular complexity index is 86.9. The second kappa shape index (κ2) is 2.34. The zero-order chi connectivity index (χ0) is 5.86. The van der Waals surface area contributed by atoms with Crippen molar-refractivity contribution >= 4 is 12.3 Å². The fourth-order valence-electron chi connectivity index (χ4n) is 0.0582. The van der Waals surface area contributed by atoms with Crippen LogP contribution in [0.25, 0.3) is 0 Å². The molecule has 1 N–H and O–H groups in total. The van der Waals surface area contributed by atoms with E-state index in [1.54, 1.807) is 0 Å². The van der Waals surface area contributed by atoms with Crippen molar-refractivity contribution in [1.29, 1.82) is 0 Å². The predicted octanol–water partition coefficient (Wildman–Crippen LogP) is -0.0940. The Morgan fingerprint density at radius 1 is 1.86 bits per heavy atom. The molecule has 0 amide bonds. The lowest BCUT2D eigenvalue weighted by Crippen LogP contribution is -2.09. The molecule has 3 heteroatoms. The van der Waals surface area contributed by atoms with E-state index in [0.29, 0.717) is 6.29 Å². The first-order valence-electron chi connectivity index (χ1n) is 1.86. The van der Waals surface area contributed by atoms with Crippen LogP contribution >= 0.6 is 0 Å². The first kappa shape index (κ1) is 6.14. The SMILES string of the molecule is CC(C=O)C(=O)O. The normalized spacial score (nSPS) is 12.7. The summed E-state index contributed by atoms with van der Waals surface area (Å²) in [5, 5.41) is 7.95. The van der Waals surface area contributed by atoms with Gasteiger partial charge in [-0.3, -0.25) is 4.79 Å². The van der Waals surface area contributed by atoms with Gasteiger partial charge in [0.25, 0.3) is 0 Å². The molecular weight excluding hydrogens is 96.0 g/mol. The minimum Gasteiger partial charge on any atom is -0.481 e. The third kappa shape index (κ3) is 1.92. The van der Waals surface area contributed by atoms with Crippen LogP contribution < -0.4 is 0 Å². The first-order chi connectivity index (χ1) is 3.18. The van der Waals surface area contributed by atoms with E-state index in [1.807, 2.05) is 0 Å². The van der Waals surface area contributed by atoms with Gasteiger partial charge in [-0.2, -0.15) is 0 Å². The number of hydrogen-bond donors (Lipinski definition) is 1. The van der Waals surface area contributed by atoms with E-state index in [0.717, 1.165) is 0 Å². The molecule has 0 fully saturated rings. The van der Waals surface area contributed by atoms with Gasteiger partial charge in [-0.25, -0.2) is 0 Å². The molecule has 0 saturated carbocycles. The molecule has 7 heavy (non-hydrogen) atoms. The van der Waals surface area contributed by atoms with Crippen molar-refractivity contribution in [3.8, 4) is 0 Å². The van der Waals surface area contributed by atoms with E-state index in [4.69, 9.17) is 5.11 Å². The van der Waals surface area contributed by atoms with Crippen molar-refractivity contribution in [2.75, 3.05) is 0 Å². The highest BCUT2D eigenvalue weighted by Gasteiger charge is 2.06. The molecule has 0 aromatic rings. The van der Waals surface area contributed by atoms with Crippen molar-refractivity contribution in [2.45, 2.75) is 6.92 Å². The smallest absolute Gasteiger partial charge is 0.313 e. The molecule has 3 nitrogen and oxygen atoms in total. The van der Waals surface area contributed by atoms with Crippen molar-refractivity contribution < 1.29 is 14.7 Å². The van der Waals surface area contributed by atoms with Gasteiger partial charge in [-0.05, 0) is 6.92 Å². The third-order valence-electron chi connectivity index (χ3n) is 0.594. The molecule has 0 spiro atoms. The Balaban J connectivity index is 3.55. The second-order valence-corrected chi connectivity index (χ2v) is 1.26. The Morgan fingerprint density at radius 3 is 2.29 bits per heavy atom. The summed E-state index contributed by atoms with van der Waals surface area (Å²) in [6.45, 7) is 1.33. The summed E-state index contributed by atoms with van der Waals surface area (Å²) in [6, 6.07) is 0. The van der Waals surface area contributed by atoms with Gasteiger partial charge in [0.2, 0.25) is 0 Å². The van der Waals surface area contributed by atoms with Crippen LogP contribution in [0.2, 0.25) is 0 Å². The summed E-state index contributed by atoms with van der Waals surface area (Å²) in [5.74, 6) is -1.94. The van der Waals surface area contributed by atoms with Crippen molar-refractivity contribution in [1.82, 2.24) is 0 Å². The highest BCUT2D eigenvalue weighted by molar-refractivity contribution is 5.85. The van der Waals surface area contributed by atoms with Gasteiger partial charge in [0.1, 0.15) is 12.2 Å². The van der Waals surface area contributed by atoms with Crippen LogP contribution in [-0.2, 0) is 9.59 Å². The van der Waals surface area contributed by atoms with E-state index < -0.39 is 11.9 Å². The van der Waals surface area contributed by atoms with E-state index >= 15 is 0 Å². The molecule has 1 unspecified atom stereocenters. The molecule has 1 atom stereocenters. The Hall–Kier alpha value is -0.860. The Labute approximate surface area is 41.0 Å². The number of hydrogen-bond acceptors (Lipinski definition) is 2. The minimum absolute atomic E-state index is 0.391. The van der Waals surface area contributed by atoms with Gasteiger partial charge in [0, 0.05) is 0 Å². The van der Waals surface area contributed by atoms with Crippen molar-refractivity contribution in [3.05, 3.63) is 0 Å². The fraction of sp³-hybridized carbons (Fsp3) is 0.500. The molecule has 0 bridgehead atoms. The summed E-state index contributed by atoms with van der Waals surface area (Å²) < 4.78 is 0. The number of carbonyl (C=O) groups excluding carboxylic acids is 1. The molecule has 0 saturated heterocycles.